The van der Waals surface area contributed by atoms with Gasteiger partial charge < -0.3 is 15.7 Å². The maximum Gasteiger partial charge on any atom is 0.0608 e. The van der Waals surface area contributed by atoms with Crippen LogP contribution < -0.4 is 5.73 Å². The molecule has 2 unspecified atom stereocenters. The van der Waals surface area contributed by atoms with Crippen LogP contribution in [0.3, 0.4) is 0 Å². The zero-order valence-corrected chi connectivity index (χ0v) is 12.5. The molecule has 0 saturated carbocycles. The van der Waals surface area contributed by atoms with Crippen LogP contribution in [0.15, 0.2) is 0 Å². The molecule has 1 aliphatic heterocycles. The summed E-state index contributed by atoms with van der Waals surface area (Å²) in [6.45, 7) is 10.3. The topological polar surface area (TPSA) is 49.5 Å². The molecule has 0 aromatic carbocycles. The first-order valence-electron chi connectivity index (χ1n) is 7.57. The SMILES string of the molecule is CC(C)C1CCCN(CCCC(C)(N)CO)CC1. The van der Waals surface area contributed by atoms with E-state index in [0.29, 0.717) is 0 Å². The van der Waals surface area contributed by atoms with E-state index < -0.39 is 5.54 Å². The molecular formula is C15H32N2O. The number of aliphatic hydroxyl groups excluding tert-OH is 1. The van der Waals surface area contributed by atoms with E-state index in [2.05, 4.69) is 18.7 Å². The first kappa shape index (κ1) is 15.9. The van der Waals surface area contributed by atoms with Gasteiger partial charge in [0.1, 0.15) is 0 Å². The summed E-state index contributed by atoms with van der Waals surface area (Å²) in [6.07, 6.45) is 6.08. The van der Waals surface area contributed by atoms with Gasteiger partial charge in [0.25, 0.3) is 0 Å². The van der Waals surface area contributed by atoms with Crippen LogP contribution in [-0.4, -0.2) is 41.8 Å². The smallest absolute Gasteiger partial charge is 0.0608 e. The summed E-state index contributed by atoms with van der Waals surface area (Å²) < 4.78 is 0. The van der Waals surface area contributed by atoms with Crippen molar-refractivity contribution in [2.24, 2.45) is 17.6 Å². The van der Waals surface area contributed by atoms with Crippen LogP contribution in [0.25, 0.3) is 0 Å². The molecule has 1 rings (SSSR count). The van der Waals surface area contributed by atoms with Crippen molar-refractivity contribution in [1.82, 2.24) is 4.90 Å². The Morgan fingerprint density at radius 1 is 1.33 bits per heavy atom. The molecule has 0 aromatic heterocycles. The van der Waals surface area contributed by atoms with Gasteiger partial charge in [0.2, 0.25) is 0 Å². The summed E-state index contributed by atoms with van der Waals surface area (Å²) in [5.41, 5.74) is 5.56. The second-order valence-electron chi connectivity index (χ2n) is 6.69. The molecule has 0 aliphatic carbocycles. The van der Waals surface area contributed by atoms with Gasteiger partial charge in [0.05, 0.1) is 6.61 Å². The second-order valence-corrected chi connectivity index (χ2v) is 6.69. The van der Waals surface area contributed by atoms with Crippen LogP contribution in [0, 0.1) is 11.8 Å². The first-order chi connectivity index (χ1) is 8.44. The normalized spacial score (nSPS) is 26.0. The summed E-state index contributed by atoms with van der Waals surface area (Å²) in [5.74, 6) is 1.74. The molecule has 0 bridgehead atoms. The molecule has 108 valence electrons. The lowest BCUT2D eigenvalue weighted by Crippen LogP contribution is -2.41. The Hall–Kier alpha value is -0.120. The minimum Gasteiger partial charge on any atom is -0.394 e. The third-order valence-electron chi connectivity index (χ3n) is 4.39. The highest BCUT2D eigenvalue weighted by molar-refractivity contribution is 4.78. The summed E-state index contributed by atoms with van der Waals surface area (Å²) in [6, 6.07) is 0. The molecule has 3 N–H and O–H groups in total. The van der Waals surface area contributed by atoms with Gasteiger partial charge in [0, 0.05) is 5.54 Å². The maximum absolute atomic E-state index is 9.13. The predicted octanol–water partition coefficient (Wildman–Crippen LogP) is 2.23. The van der Waals surface area contributed by atoms with Crippen molar-refractivity contribution in [1.29, 1.82) is 0 Å². The van der Waals surface area contributed by atoms with Crippen LogP contribution in [0.2, 0.25) is 0 Å². The molecule has 3 nitrogen and oxygen atoms in total. The third kappa shape index (κ3) is 5.68. The predicted molar refractivity (Wildman–Crippen MR) is 77.5 cm³/mol. The van der Waals surface area contributed by atoms with E-state index in [1.807, 2.05) is 6.92 Å². The van der Waals surface area contributed by atoms with Crippen molar-refractivity contribution >= 4 is 0 Å². The zero-order valence-electron chi connectivity index (χ0n) is 12.5. The van der Waals surface area contributed by atoms with E-state index in [1.54, 1.807) is 0 Å². The molecule has 0 radical (unpaired) electrons. The molecule has 2 atom stereocenters. The molecule has 1 heterocycles. The monoisotopic (exact) mass is 256 g/mol. The van der Waals surface area contributed by atoms with E-state index in [9.17, 15) is 0 Å². The lowest BCUT2D eigenvalue weighted by Gasteiger charge is -2.25. The van der Waals surface area contributed by atoms with Gasteiger partial charge in [-0.25, -0.2) is 0 Å². The van der Waals surface area contributed by atoms with E-state index >= 15 is 0 Å². The van der Waals surface area contributed by atoms with E-state index in [0.717, 1.165) is 31.2 Å². The summed E-state index contributed by atoms with van der Waals surface area (Å²) >= 11 is 0. The number of hydrogen-bond acceptors (Lipinski definition) is 3. The summed E-state index contributed by atoms with van der Waals surface area (Å²) in [7, 11) is 0. The Morgan fingerprint density at radius 3 is 2.67 bits per heavy atom. The van der Waals surface area contributed by atoms with Gasteiger partial charge in [-0.1, -0.05) is 13.8 Å². The molecule has 0 spiro atoms. The highest BCUT2D eigenvalue weighted by Crippen LogP contribution is 2.24. The van der Waals surface area contributed by atoms with E-state index in [4.69, 9.17) is 10.8 Å². The van der Waals surface area contributed by atoms with E-state index in [-0.39, 0.29) is 6.61 Å². The van der Waals surface area contributed by atoms with Crippen molar-refractivity contribution in [3.63, 3.8) is 0 Å². The molecule has 1 aliphatic rings. The average molecular weight is 256 g/mol. The Morgan fingerprint density at radius 2 is 2.06 bits per heavy atom. The van der Waals surface area contributed by atoms with Gasteiger partial charge >= 0.3 is 0 Å². The molecule has 3 heteroatoms. The Kier molecular flexibility index (Phi) is 6.61. The fourth-order valence-corrected chi connectivity index (χ4v) is 2.86. The van der Waals surface area contributed by atoms with Crippen LogP contribution in [0.4, 0.5) is 0 Å². The number of aliphatic hydroxyl groups is 1. The summed E-state index contributed by atoms with van der Waals surface area (Å²) in [4.78, 5) is 2.58. The average Bonchev–Trinajstić information content (AvgIpc) is 2.54. The largest absolute Gasteiger partial charge is 0.394 e. The van der Waals surface area contributed by atoms with Crippen LogP contribution in [0.5, 0.6) is 0 Å². The highest BCUT2D eigenvalue weighted by atomic mass is 16.3. The highest BCUT2D eigenvalue weighted by Gasteiger charge is 2.20. The van der Waals surface area contributed by atoms with Crippen molar-refractivity contribution in [3.05, 3.63) is 0 Å². The van der Waals surface area contributed by atoms with Crippen molar-refractivity contribution in [3.8, 4) is 0 Å². The van der Waals surface area contributed by atoms with Gasteiger partial charge in [-0.3, -0.25) is 0 Å². The lowest BCUT2D eigenvalue weighted by molar-refractivity contribution is 0.188. The maximum atomic E-state index is 9.13. The zero-order chi connectivity index (χ0) is 13.6. The molecule has 18 heavy (non-hydrogen) atoms. The van der Waals surface area contributed by atoms with Crippen molar-refractivity contribution in [2.45, 2.75) is 58.4 Å². The molecular weight excluding hydrogens is 224 g/mol. The minimum atomic E-state index is -0.397. The number of hydrogen-bond donors (Lipinski definition) is 2. The fraction of sp³-hybridized carbons (Fsp3) is 1.00. The molecule has 0 aromatic rings. The second kappa shape index (κ2) is 7.46. The molecule has 1 fully saturated rings. The summed E-state index contributed by atoms with van der Waals surface area (Å²) in [5, 5.41) is 9.13. The number of nitrogens with two attached hydrogens (primary N) is 1. The fourth-order valence-electron chi connectivity index (χ4n) is 2.86. The number of rotatable bonds is 6. The van der Waals surface area contributed by atoms with Crippen LogP contribution in [0.1, 0.15) is 52.9 Å². The quantitative estimate of drug-likeness (QED) is 0.766. The van der Waals surface area contributed by atoms with Crippen LogP contribution >= 0.6 is 0 Å². The van der Waals surface area contributed by atoms with Crippen molar-refractivity contribution in [2.75, 3.05) is 26.2 Å². The van der Waals surface area contributed by atoms with Gasteiger partial charge in [0.15, 0.2) is 0 Å². The Bertz CT molecular complexity index is 229. The minimum absolute atomic E-state index is 0.0857. The first-order valence-corrected chi connectivity index (χ1v) is 7.57. The van der Waals surface area contributed by atoms with Crippen LogP contribution in [-0.2, 0) is 0 Å². The van der Waals surface area contributed by atoms with E-state index in [1.165, 1.54) is 32.4 Å². The number of nitrogens with zero attached hydrogens (tertiary/aromatic N) is 1. The molecule has 1 saturated heterocycles. The lowest BCUT2D eigenvalue weighted by atomic mass is 9.89. The van der Waals surface area contributed by atoms with Gasteiger partial charge in [-0.05, 0) is 70.5 Å². The number of likely N-dealkylation sites (tertiary alicyclic amines) is 1. The van der Waals surface area contributed by atoms with Gasteiger partial charge in [-0.15, -0.1) is 0 Å². The Labute approximate surface area is 113 Å². The van der Waals surface area contributed by atoms with Gasteiger partial charge in [-0.2, -0.15) is 0 Å². The van der Waals surface area contributed by atoms with Crippen molar-refractivity contribution < 1.29 is 5.11 Å². The standard InChI is InChI=1S/C15H32N2O/c1-13(2)14-6-4-9-17(11-7-14)10-5-8-15(3,16)12-18/h13-14,18H,4-12,16H2,1-3H3. The third-order valence-corrected chi connectivity index (χ3v) is 4.39. The molecule has 0 amide bonds. The Balaban J connectivity index is 2.23.